The highest BCUT2D eigenvalue weighted by Gasteiger charge is 2.35. The van der Waals surface area contributed by atoms with E-state index < -0.39 is 15.4 Å². The van der Waals surface area contributed by atoms with Crippen LogP contribution in [0.15, 0.2) is 59.5 Å². The molecule has 0 atom stereocenters. The number of hydrogen-bond acceptors (Lipinski definition) is 5. The number of amides is 2. The third kappa shape index (κ3) is 6.63. The molecule has 2 aromatic carbocycles. The lowest BCUT2D eigenvalue weighted by atomic mass is 9.83. The van der Waals surface area contributed by atoms with Gasteiger partial charge in [0, 0.05) is 32.7 Å². The third-order valence-corrected chi connectivity index (χ3v) is 6.97. The summed E-state index contributed by atoms with van der Waals surface area (Å²) in [5.41, 5.74) is 1.32. The van der Waals surface area contributed by atoms with Crippen LogP contribution in [0, 0.1) is 0 Å². The fourth-order valence-corrected chi connectivity index (χ4v) is 4.45. The van der Waals surface area contributed by atoms with E-state index >= 15 is 0 Å². The van der Waals surface area contributed by atoms with Gasteiger partial charge in [0.1, 0.15) is 0 Å². The molecule has 0 spiro atoms. The largest absolute Gasteiger partial charge is 0.355 e. The maximum atomic E-state index is 13.1. The molecule has 1 heterocycles. The van der Waals surface area contributed by atoms with E-state index in [0.717, 1.165) is 11.1 Å². The molecule has 0 bridgehead atoms. The van der Waals surface area contributed by atoms with Gasteiger partial charge in [-0.3, -0.25) is 14.5 Å². The second-order valence-electron chi connectivity index (χ2n) is 8.85. The lowest BCUT2D eigenvalue weighted by Crippen LogP contribution is -2.54. The summed E-state index contributed by atoms with van der Waals surface area (Å²) in [6.07, 6.45) is 0.591. The number of piperazine rings is 1. The van der Waals surface area contributed by atoms with Crippen LogP contribution in [0.25, 0.3) is 0 Å². The molecule has 1 aliphatic rings. The van der Waals surface area contributed by atoms with Crippen molar-refractivity contribution in [1.82, 2.24) is 15.1 Å². The highest BCUT2D eigenvalue weighted by atomic mass is 32.2. The Kier molecular flexibility index (Phi) is 7.88. The van der Waals surface area contributed by atoms with Crippen LogP contribution < -0.4 is 10.5 Å². The van der Waals surface area contributed by atoms with Gasteiger partial charge in [-0.1, -0.05) is 42.5 Å². The maximum absolute atomic E-state index is 13.1. The number of benzene rings is 2. The summed E-state index contributed by atoms with van der Waals surface area (Å²) in [5.74, 6) is 0.0341. The highest BCUT2D eigenvalue weighted by molar-refractivity contribution is 7.89. The first-order chi connectivity index (χ1) is 15.6. The Morgan fingerprint density at radius 1 is 0.970 bits per heavy atom. The quantitative estimate of drug-likeness (QED) is 0.598. The maximum Gasteiger partial charge on any atom is 0.238 e. The number of carbonyl (C=O) groups excluding carboxylic acids is 2. The fraction of sp³-hybridized carbons (Fsp3) is 0.417. The second kappa shape index (κ2) is 10.5. The second-order valence-corrected chi connectivity index (χ2v) is 10.4. The Bertz CT molecular complexity index is 1060. The van der Waals surface area contributed by atoms with E-state index in [4.69, 9.17) is 5.14 Å². The van der Waals surface area contributed by atoms with Gasteiger partial charge in [0.15, 0.2) is 0 Å². The first kappa shape index (κ1) is 24.9. The van der Waals surface area contributed by atoms with Crippen molar-refractivity contribution in [3.63, 3.8) is 0 Å². The molecule has 1 saturated heterocycles. The zero-order valence-electron chi connectivity index (χ0n) is 19.2. The summed E-state index contributed by atoms with van der Waals surface area (Å²) < 4.78 is 22.6. The number of nitrogens with one attached hydrogen (secondary N) is 1. The minimum atomic E-state index is -3.70. The predicted octanol–water partition coefficient (Wildman–Crippen LogP) is 1.11. The Morgan fingerprint density at radius 3 is 2.15 bits per heavy atom. The minimum Gasteiger partial charge on any atom is -0.355 e. The average molecular weight is 473 g/mol. The summed E-state index contributed by atoms with van der Waals surface area (Å²) in [5, 5.41) is 8.00. The number of rotatable bonds is 8. The van der Waals surface area contributed by atoms with Crippen LogP contribution in [0.3, 0.4) is 0 Å². The van der Waals surface area contributed by atoms with Gasteiger partial charge in [-0.2, -0.15) is 0 Å². The van der Waals surface area contributed by atoms with E-state index in [2.05, 4.69) is 10.2 Å². The van der Waals surface area contributed by atoms with Crippen LogP contribution in [-0.2, 0) is 31.4 Å². The summed E-state index contributed by atoms with van der Waals surface area (Å²) in [6.45, 7) is 7.14. The van der Waals surface area contributed by atoms with Crippen molar-refractivity contribution in [3.8, 4) is 0 Å². The normalized spacial score (nSPS) is 15.3. The number of sulfonamides is 1. The lowest BCUT2D eigenvalue weighted by Gasteiger charge is -2.38. The van der Waals surface area contributed by atoms with Crippen molar-refractivity contribution >= 4 is 21.8 Å². The monoisotopic (exact) mass is 472 g/mol. The van der Waals surface area contributed by atoms with Gasteiger partial charge in [-0.25, -0.2) is 13.6 Å². The fourth-order valence-electron chi connectivity index (χ4n) is 3.93. The number of primary sulfonamides is 1. The molecule has 0 radical (unpaired) electrons. The molecule has 9 heteroatoms. The molecule has 33 heavy (non-hydrogen) atoms. The minimum absolute atomic E-state index is 0.0689. The summed E-state index contributed by atoms with van der Waals surface area (Å²) in [4.78, 5) is 29.4. The number of nitrogens with two attached hydrogens (primary N) is 1. The van der Waals surface area contributed by atoms with Crippen LogP contribution in [-0.4, -0.2) is 69.3 Å². The van der Waals surface area contributed by atoms with Crippen molar-refractivity contribution in [3.05, 3.63) is 65.7 Å². The van der Waals surface area contributed by atoms with Crippen LogP contribution in [0.2, 0.25) is 0 Å². The smallest absolute Gasteiger partial charge is 0.238 e. The van der Waals surface area contributed by atoms with Gasteiger partial charge in [-0.05, 0) is 43.5 Å². The molecule has 0 aliphatic carbocycles. The van der Waals surface area contributed by atoms with E-state index in [1.165, 1.54) is 12.1 Å². The van der Waals surface area contributed by atoms with Crippen molar-refractivity contribution < 1.29 is 18.0 Å². The van der Waals surface area contributed by atoms with Gasteiger partial charge in [0.2, 0.25) is 21.8 Å². The van der Waals surface area contributed by atoms with Crippen LogP contribution in [0.5, 0.6) is 0 Å². The van der Waals surface area contributed by atoms with E-state index in [0.29, 0.717) is 39.1 Å². The molecule has 2 amide bonds. The highest BCUT2D eigenvalue weighted by Crippen LogP contribution is 2.26. The van der Waals surface area contributed by atoms with Gasteiger partial charge < -0.3 is 10.2 Å². The van der Waals surface area contributed by atoms with Gasteiger partial charge in [-0.15, -0.1) is 0 Å². The van der Waals surface area contributed by atoms with Crippen molar-refractivity contribution in [2.75, 3.05) is 39.3 Å². The standard InChI is InChI=1S/C24H32N4O4S/c1-24(2,20-6-4-3-5-7-20)23(30)28-16-14-27(15-17-28)18-22(29)26-13-12-19-8-10-21(11-9-19)33(25,31)32/h3-11H,12-18H2,1-2H3,(H,26,29)(H2,25,31,32). The van der Waals surface area contributed by atoms with E-state index in [9.17, 15) is 18.0 Å². The molecule has 0 saturated carbocycles. The average Bonchev–Trinajstić information content (AvgIpc) is 2.79. The molecule has 3 N–H and O–H groups in total. The zero-order valence-corrected chi connectivity index (χ0v) is 20.0. The Labute approximate surface area is 195 Å². The number of hydrogen-bond donors (Lipinski definition) is 2. The SMILES string of the molecule is CC(C)(C(=O)N1CCN(CC(=O)NCCc2ccc(S(N)(=O)=O)cc2)CC1)c1ccccc1. The van der Waals surface area contributed by atoms with Crippen molar-refractivity contribution in [2.45, 2.75) is 30.6 Å². The van der Waals surface area contributed by atoms with E-state index in [-0.39, 0.29) is 23.3 Å². The first-order valence-corrected chi connectivity index (χ1v) is 12.6. The number of carbonyl (C=O) groups is 2. The first-order valence-electron chi connectivity index (χ1n) is 11.0. The van der Waals surface area contributed by atoms with E-state index in [1.807, 2.05) is 49.1 Å². The van der Waals surface area contributed by atoms with Crippen molar-refractivity contribution in [2.24, 2.45) is 5.14 Å². The summed E-state index contributed by atoms with van der Waals surface area (Å²) >= 11 is 0. The van der Waals surface area contributed by atoms with Crippen LogP contribution in [0.4, 0.5) is 0 Å². The van der Waals surface area contributed by atoms with Gasteiger partial charge in [0.05, 0.1) is 16.9 Å². The topological polar surface area (TPSA) is 113 Å². The van der Waals surface area contributed by atoms with Gasteiger partial charge in [0.25, 0.3) is 0 Å². The molecule has 178 valence electrons. The van der Waals surface area contributed by atoms with Crippen LogP contribution >= 0.6 is 0 Å². The Hall–Kier alpha value is -2.75. The summed E-state index contributed by atoms with van der Waals surface area (Å²) in [6, 6.07) is 16.1. The lowest BCUT2D eigenvalue weighted by molar-refractivity contribution is -0.138. The van der Waals surface area contributed by atoms with Crippen LogP contribution in [0.1, 0.15) is 25.0 Å². The zero-order chi connectivity index (χ0) is 24.1. The molecular formula is C24H32N4O4S. The van der Waals surface area contributed by atoms with Crippen molar-refractivity contribution in [1.29, 1.82) is 0 Å². The molecule has 8 nitrogen and oxygen atoms in total. The van der Waals surface area contributed by atoms with E-state index in [1.54, 1.807) is 12.1 Å². The summed E-state index contributed by atoms with van der Waals surface area (Å²) in [7, 11) is -3.70. The molecule has 1 aliphatic heterocycles. The molecule has 0 unspecified atom stereocenters. The molecule has 2 aromatic rings. The third-order valence-electron chi connectivity index (χ3n) is 6.04. The number of nitrogens with zero attached hydrogens (tertiary/aromatic N) is 2. The van der Waals surface area contributed by atoms with Gasteiger partial charge >= 0.3 is 0 Å². The molecular weight excluding hydrogens is 440 g/mol. The molecule has 0 aromatic heterocycles. The Morgan fingerprint density at radius 2 is 1.58 bits per heavy atom. The molecule has 1 fully saturated rings. The Balaban J connectivity index is 1.41. The molecule has 3 rings (SSSR count). The predicted molar refractivity (Wildman–Crippen MR) is 127 cm³/mol.